The van der Waals surface area contributed by atoms with E-state index in [0.717, 1.165) is 39.3 Å². The van der Waals surface area contributed by atoms with Gasteiger partial charge in [0.2, 0.25) is 0 Å². The van der Waals surface area contributed by atoms with Crippen molar-refractivity contribution in [1.29, 1.82) is 0 Å². The molecule has 0 aliphatic carbocycles. The second kappa shape index (κ2) is 17.4. The molecule has 176 valence electrons. The van der Waals surface area contributed by atoms with Crippen LogP contribution in [-0.4, -0.2) is 88.1 Å². The van der Waals surface area contributed by atoms with Crippen molar-refractivity contribution >= 4 is 0 Å². The zero-order valence-electron chi connectivity index (χ0n) is 20.1. The Kier molecular flexibility index (Phi) is 17.2. The summed E-state index contributed by atoms with van der Waals surface area (Å²) >= 11 is 0. The van der Waals surface area contributed by atoms with Gasteiger partial charge in [0.05, 0.1) is 0 Å². The molecule has 0 fully saturated rings. The lowest BCUT2D eigenvalue weighted by Crippen LogP contribution is -2.50. The molecule has 0 saturated heterocycles. The first-order valence-electron chi connectivity index (χ1n) is 11.5. The van der Waals surface area contributed by atoms with E-state index in [4.69, 9.17) is 11.5 Å². The van der Waals surface area contributed by atoms with E-state index in [0.29, 0.717) is 42.8 Å². The van der Waals surface area contributed by atoms with Gasteiger partial charge in [0, 0.05) is 88.1 Å². The van der Waals surface area contributed by atoms with Gasteiger partial charge in [0.15, 0.2) is 0 Å². The van der Waals surface area contributed by atoms with E-state index in [1.54, 1.807) is 0 Å². The van der Waals surface area contributed by atoms with E-state index in [9.17, 15) is 0 Å². The van der Waals surface area contributed by atoms with Crippen LogP contribution in [0.15, 0.2) is 0 Å². The summed E-state index contributed by atoms with van der Waals surface area (Å²) in [5.41, 5.74) is 11.4. The van der Waals surface area contributed by atoms with E-state index >= 15 is 0 Å². The van der Waals surface area contributed by atoms with Gasteiger partial charge < -0.3 is 43.4 Å². The molecule has 0 radical (unpaired) electrons. The summed E-state index contributed by atoms with van der Waals surface area (Å²) in [4.78, 5) is 0. The number of nitrogens with one attached hydrogen (secondary N) is 6. The van der Waals surface area contributed by atoms with Crippen molar-refractivity contribution in [2.24, 2.45) is 11.5 Å². The van der Waals surface area contributed by atoms with Gasteiger partial charge in [0.25, 0.3) is 0 Å². The van der Waals surface area contributed by atoms with Crippen LogP contribution < -0.4 is 43.4 Å². The fourth-order valence-electron chi connectivity index (χ4n) is 2.72. The van der Waals surface area contributed by atoms with Gasteiger partial charge in [-0.25, -0.2) is 0 Å². The molecule has 29 heavy (non-hydrogen) atoms. The number of rotatable bonds is 19. The first-order chi connectivity index (χ1) is 13.6. The third-order valence-corrected chi connectivity index (χ3v) is 5.00. The van der Waals surface area contributed by atoms with Crippen molar-refractivity contribution in [3.63, 3.8) is 0 Å². The molecular weight excluding hydrogens is 364 g/mol. The maximum Gasteiger partial charge on any atom is 0.0164 e. The summed E-state index contributed by atoms with van der Waals surface area (Å²) in [5, 5.41) is 21.2. The molecule has 0 amide bonds. The topological polar surface area (TPSA) is 124 Å². The third kappa shape index (κ3) is 18.2. The first kappa shape index (κ1) is 28.7. The molecule has 0 rings (SSSR count). The predicted octanol–water partition coefficient (Wildman–Crippen LogP) is -0.839. The maximum atomic E-state index is 5.78. The highest BCUT2D eigenvalue weighted by molar-refractivity contribution is 4.76. The quantitative estimate of drug-likeness (QED) is 0.137. The average Bonchev–Trinajstić information content (AvgIpc) is 2.69. The van der Waals surface area contributed by atoms with Crippen LogP contribution in [0.1, 0.15) is 48.5 Å². The van der Waals surface area contributed by atoms with Gasteiger partial charge in [-0.15, -0.1) is 0 Å². The number of hydrogen-bond acceptors (Lipinski definition) is 8. The Balaban J connectivity index is 3.76. The number of hydrogen-bond donors (Lipinski definition) is 8. The van der Waals surface area contributed by atoms with Crippen molar-refractivity contribution in [1.82, 2.24) is 31.9 Å². The standard InChI is InChI=1S/C21H52N8/c1-15(23)9-24-17(3)11-26-19(5)13-28-21(7)14-29-20(6)12-27-18(4)10-25-16(2)8-22/h15-21,24-29H,8-14,22-23H2,1-7H3. The van der Waals surface area contributed by atoms with E-state index in [1.807, 2.05) is 6.92 Å². The molecule has 7 unspecified atom stereocenters. The smallest absolute Gasteiger partial charge is 0.0164 e. The lowest BCUT2D eigenvalue weighted by Gasteiger charge is -2.24. The zero-order valence-corrected chi connectivity index (χ0v) is 20.1. The molecule has 7 atom stereocenters. The predicted molar refractivity (Wildman–Crippen MR) is 127 cm³/mol. The van der Waals surface area contributed by atoms with Crippen molar-refractivity contribution in [3.8, 4) is 0 Å². The molecule has 8 heteroatoms. The highest BCUT2D eigenvalue weighted by atomic mass is 15.1. The first-order valence-corrected chi connectivity index (χ1v) is 11.5. The molecule has 0 aliphatic heterocycles. The van der Waals surface area contributed by atoms with E-state index in [1.165, 1.54) is 0 Å². The molecule has 8 nitrogen and oxygen atoms in total. The zero-order chi connectivity index (χ0) is 22.2. The minimum atomic E-state index is 0.196. The highest BCUT2D eigenvalue weighted by Gasteiger charge is 2.10. The van der Waals surface area contributed by atoms with E-state index in [2.05, 4.69) is 73.4 Å². The SMILES string of the molecule is CC(N)CNC(C)CNC(C)CNC(C)CNC(C)CNC(C)CNC(C)CN. The fourth-order valence-corrected chi connectivity index (χ4v) is 2.72. The summed E-state index contributed by atoms with van der Waals surface area (Å²) in [6.07, 6.45) is 0. The van der Waals surface area contributed by atoms with Crippen molar-refractivity contribution in [2.45, 2.75) is 90.8 Å². The fraction of sp³-hybridized carbons (Fsp3) is 1.00. The second-order valence-corrected chi connectivity index (χ2v) is 9.07. The van der Waals surface area contributed by atoms with Crippen LogP contribution in [0, 0.1) is 0 Å². The van der Waals surface area contributed by atoms with Gasteiger partial charge >= 0.3 is 0 Å². The summed E-state index contributed by atoms with van der Waals surface area (Å²) in [7, 11) is 0. The summed E-state index contributed by atoms with van der Waals surface area (Å²) in [6.45, 7) is 21.5. The minimum Gasteiger partial charge on any atom is -0.329 e. The Hall–Kier alpha value is -0.320. The lowest BCUT2D eigenvalue weighted by molar-refractivity contribution is 0.394. The van der Waals surface area contributed by atoms with Crippen LogP contribution in [0.3, 0.4) is 0 Å². The monoisotopic (exact) mass is 416 g/mol. The Morgan fingerprint density at radius 2 is 0.690 bits per heavy atom. The normalized spacial score (nSPS) is 19.3. The lowest BCUT2D eigenvalue weighted by atomic mass is 10.2. The van der Waals surface area contributed by atoms with Crippen LogP contribution in [-0.2, 0) is 0 Å². The van der Waals surface area contributed by atoms with E-state index < -0.39 is 0 Å². The van der Waals surface area contributed by atoms with Crippen LogP contribution in [0.25, 0.3) is 0 Å². The van der Waals surface area contributed by atoms with Crippen molar-refractivity contribution < 1.29 is 0 Å². The molecule has 0 heterocycles. The van der Waals surface area contributed by atoms with Gasteiger partial charge in [-0.3, -0.25) is 0 Å². The Morgan fingerprint density at radius 1 is 0.448 bits per heavy atom. The summed E-state index contributed by atoms with van der Waals surface area (Å²) in [5.74, 6) is 0. The molecule has 0 aliphatic rings. The van der Waals surface area contributed by atoms with Crippen LogP contribution in [0.4, 0.5) is 0 Å². The minimum absolute atomic E-state index is 0.196. The van der Waals surface area contributed by atoms with Gasteiger partial charge in [-0.1, -0.05) is 0 Å². The molecule has 10 N–H and O–H groups in total. The Bertz CT molecular complexity index is 369. The largest absolute Gasteiger partial charge is 0.329 e. The van der Waals surface area contributed by atoms with Crippen LogP contribution in [0.5, 0.6) is 0 Å². The Labute approximate surface area is 180 Å². The molecular formula is C21H52N8. The van der Waals surface area contributed by atoms with Crippen molar-refractivity contribution in [2.75, 3.05) is 45.8 Å². The Morgan fingerprint density at radius 3 is 0.931 bits per heavy atom. The second-order valence-electron chi connectivity index (χ2n) is 9.07. The van der Waals surface area contributed by atoms with Gasteiger partial charge in [-0.05, 0) is 48.5 Å². The van der Waals surface area contributed by atoms with E-state index in [-0.39, 0.29) is 6.04 Å². The number of nitrogens with two attached hydrogens (primary N) is 2. The molecule has 0 saturated carbocycles. The molecule has 0 aromatic heterocycles. The van der Waals surface area contributed by atoms with Crippen LogP contribution >= 0.6 is 0 Å². The molecule has 0 aromatic rings. The van der Waals surface area contributed by atoms with Gasteiger partial charge in [0.1, 0.15) is 0 Å². The van der Waals surface area contributed by atoms with Crippen molar-refractivity contribution in [3.05, 3.63) is 0 Å². The average molecular weight is 417 g/mol. The highest BCUT2D eigenvalue weighted by Crippen LogP contribution is 1.89. The maximum absolute atomic E-state index is 5.78. The molecule has 0 bridgehead atoms. The van der Waals surface area contributed by atoms with Gasteiger partial charge in [-0.2, -0.15) is 0 Å². The molecule has 0 spiro atoms. The molecule has 0 aromatic carbocycles. The third-order valence-electron chi connectivity index (χ3n) is 5.00. The summed E-state index contributed by atoms with van der Waals surface area (Å²) < 4.78 is 0. The van der Waals surface area contributed by atoms with Crippen LogP contribution in [0.2, 0.25) is 0 Å². The summed E-state index contributed by atoms with van der Waals surface area (Å²) in [6, 6.07) is 2.71.